The molecule has 2 N–H and O–H groups in total. The summed E-state index contributed by atoms with van der Waals surface area (Å²) in [5.41, 5.74) is 1.02. The molecule has 158 valence electrons. The Labute approximate surface area is 168 Å². The van der Waals surface area contributed by atoms with Crippen LogP contribution in [-0.4, -0.2) is 65.3 Å². The van der Waals surface area contributed by atoms with Crippen LogP contribution in [0.5, 0.6) is 11.5 Å². The SMILES string of the molecule is CCNC(=NCc1ccc(OC)c(OC)c1)NCC1CCN(S(C)(=O)=O)CC1. The van der Waals surface area contributed by atoms with Gasteiger partial charge in [0, 0.05) is 26.2 Å². The van der Waals surface area contributed by atoms with E-state index >= 15 is 0 Å². The summed E-state index contributed by atoms with van der Waals surface area (Å²) in [5.74, 6) is 2.57. The highest BCUT2D eigenvalue weighted by Crippen LogP contribution is 2.27. The van der Waals surface area contributed by atoms with Gasteiger partial charge in [0.25, 0.3) is 0 Å². The molecule has 0 atom stereocenters. The average Bonchev–Trinajstić information content (AvgIpc) is 2.69. The number of aliphatic imine (C=N–C) groups is 1. The van der Waals surface area contributed by atoms with Gasteiger partial charge in [-0.2, -0.15) is 0 Å². The summed E-state index contributed by atoms with van der Waals surface area (Å²) in [6, 6.07) is 5.77. The highest BCUT2D eigenvalue weighted by atomic mass is 32.2. The lowest BCUT2D eigenvalue weighted by Gasteiger charge is -2.30. The maximum absolute atomic E-state index is 11.6. The lowest BCUT2D eigenvalue weighted by molar-refractivity contribution is 0.275. The van der Waals surface area contributed by atoms with Crippen LogP contribution in [0.15, 0.2) is 23.2 Å². The van der Waals surface area contributed by atoms with E-state index in [1.165, 1.54) is 6.26 Å². The van der Waals surface area contributed by atoms with Gasteiger partial charge in [0.05, 0.1) is 27.0 Å². The predicted octanol–water partition coefficient (Wildman–Crippen LogP) is 1.43. The fraction of sp³-hybridized carbons (Fsp3) is 0.632. The summed E-state index contributed by atoms with van der Waals surface area (Å²) >= 11 is 0. The zero-order valence-corrected chi connectivity index (χ0v) is 18.0. The van der Waals surface area contributed by atoms with Crippen molar-refractivity contribution in [3.63, 3.8) is 0 Å². The molecule has 2 rings (SSSR count). The van der Waals surface area contributed by atoms with E-state index in [9.17, 15) is 8.42 Å². The van der Waals surface area contributed by atoms with Crippen molar-refractivity contribution in [1.29, 1.82) is 0 Å². The molecule has 1 saturated heterocycles. The van der Waals surface area contributed by atoms with Gasteiger partial charge in [-0.15, -0.1) is 0 Å². The zero-order valence-electron chi connectivity index (χ0n) is 17.2. The molecule has 0 aromatic heterocycles. The van der Waals surface area contributed by atoms with Gasteiger partial charge in [-0.05, 0) is 43.4 Å². The van der Waals surface area contributed by atoms with Gasteiger partial charge < -0.3 is 20.1 Å². The Bertz CT molecular complexity index is 759. The summed E-state index contributed by atoms with van der Waals surface area (Å²) in [6.07, 6.45) is 2.99. The molecule has 8 nitrogen and oxygen atoms in total. The third-order valence-electron chi connectivity index (χ3n) is 4.81. The topological polar surface area (TPSA) is 92.3 Å². The summed E-state index contributed by atoms with van der Waals surface area (Å²) in [5, 5.41) is 6.63. The number of piperidine rings is 1. The van der Waals surface area contributed by atoms with Crippen molar-refractivity contribution in [2.75, 3.05) is 46.7 Å². The van der Waals surface area contributed by atoms with Gasteiger partial charge >= 0.3 is 0 Å². The molecule has 0 radical (unpaired) electrons. The molecule has 0 saturated carbocycles. The van der Waals surface area contributed by atoms with E-state index in [0.717, 1.165) is 37.5 Å². The molecule has 0 aliphatic carbocycles. The molecule has 1 fully saturated rings. The number of rotatable bonds is 8. The van der Waals surface area contributed by atoms with Crippen LogP contribution < -0.4 is 20.1 Å². The Balaban J connectivity index is 1.91. The number of nitrogens with one attached hydrogen (secondary N) is 2. The number of guanidine groups is 1. The normalized spacial score (nSPS) is 16.6. The number of sulfonamides is 1. The maximum Gasteiger partial charge on any atom is 0.211 e. The fourth-order valence-electron chi connectivity index (χ4n) is 3.18. The van der Waals surface area contributed by atoms with Crippen molar-refractivity contribution in [1.82, 2.24) is 14.9 Å². The minimum absolute atomic E-state index is 0.433. The second-order valence-corrected chi connectivity index (χ2v) is 8.85. The second-order valence-electron chi connectivity index (χ2n) is 6.87. The minimum atomic E-state index is -3.08. The van der Waals surface area contributed by atoms with Gasteiger partial charge in [-0.3, -0.25) is 0 Å². The van der Waals surface area contributed by atoms with Crippen LogP contribution in [0.25, 0.3) is 0 Å². The van der Waals surface area contributed by atoms with E-state index in [4.69, 9.17) is 9.47 Å². The van der Waals surface area contributed by atoms with Gasteiger partial charge in [0.1, 0.15) is 0 Å². The Morgan fingerprint density at radius 2 is 1.86 bits per heavy atom. The number of ether oxygens (including phenoxy) is 2. The lowest BCUT2D eigenvalue weighted by Crippen LogP contribution is -2.44. The van der Waals surface area contributed by atoms with Crippen LogP contribution in [0, 0.1) is 5.92 Å². The summed E-state index contributed by atoms with van der Waals surface area (Å²) < 4.78 is 35.4. The Morgan fingerprint density at radius 3 is 2.43 bits per heavy atom. The van der Waals surface area contributed by atoms with Crippen molar-refractivity contribution in [2.45, 2.75) is 26.3 Å². The molecule has 1 aromatic carbocycles. The highest BCUT2D eigenvalue weighted by Gasteiger charge is 2.24. The third-order valence-corrected chi connectivity index (χ3v) is 6.12. The Kier molecular flexibility index (Phi) is 8.37. The Morgan fingerprint density at radius 1 is 1.18 bits per heavy atom. The number of methoxy groups -OCH3 is 2. The molecule has 1 aliphatic heterocycles. The van der Waals surface area contributed by atoms with Gasteiger partial charge in [0.2, 0.25) is 10.0 Å². The van der Waals surface area contributed by atoms with E-state index in [0.29, 0.717) is 37.1 Å². The molecule has 1 aliphatic rings. The van der Waals surface area contributed by atoms with E-state index in [-0.39, 0.29) is 0 Å². The quantitative estimate of drug-likeness (QED) is 0.496. The van der Waals surface area contributed by atoms with E-state index in [1.54, 1.807) is 18.5 Å². The molecular formula is C19H32N4O4S. The molecule has 0 bridgehead atoms. The van der Waals surface area contributed by atoms with Gasteiger partial charge in [-0.1, -0.05) is 6.07 Å². The molecular weight excluding hydrogens is 380 g/mol. The van der Waals surface area contributed by atoms with E-state index < -0.39 is 10.0 Å². The summed E-state index contributed by atoms with van der Waals surface area (Å²) in [4.78, 5) is 4.64. The average molecular weight is 413 g/mol. The number of hydrogen-bond acceptors (Lipinski definition) is 5. The molecule has 0 spiro atoms. The van der Waals surface area contributed by atoms with Gasteiger partial charge in [-0.25, -0.2) is 17.7 Å². The summed E-state index contributed by atoms with van der Waals surface area (Å²) in [7, 11) is 0.149. The van der Waals surface area contributed by atoms with Crippen LogP contribution in [0.4, 0.5) is 0 Å². The number of benzene rings is 1. The van der Waals surface area contributed by atoms with Crippen LogP contribution in [0.1, 0.15) is 25.3 Å². The van der Waals surface area contributed by atoms with E-state index in [2.05, 4.69) is 15.6 Å². The number of nitrogens with zero attached hydrogens (tertiary/aromatic N) is 2. The smallest absolute Gasteiger partial charge is 0.211 e. The zero-order chi connectivity index (χ0) is 20.6. The van der Waals surface area contributed by atoms with Crippen molar-refractivity contribution < 1.29 is 17.9 Å². The summed E-state index contributed by atoms with van der Waals surface area (Å²) in [6.45, 7) is 5.26. The lowest BCUT2D eigenvalue weighted by atomic mass is 9.98. The van der Waals surface area contributed by atoms with Gasteiger partial charge in [0.15, 0.2) is 17.5 Å². The van der Waals surface area contributed by atoms with Crippen LogP contribution in [0.2, 0.25) is 0 Å². The largest absolute Gasteiger partial charge is 0.493 e. The predicted molar refractivity (Wildman–Crippen MR) is 112 cm³/mol. The molecule has 9 heteroatoms. The maximum atomic E-state index is 11.6. The third kappa shape index (κ3) is 6.56. The number of hydrogen-bond donors (Lipinski definition) is 2. The first-order valence-electron chi connectivity index (χ1n) is 9.55. The van der Waals surface area contributed by atoms with Crippen molar-refractivity contribution in [2.24, 2.45) is 10.9 Å². The second kappa shape index (κ2) is 10.5. The monoisotopic (exact) mass is 412 g/mol. The highest BCUT2D eigenvalue weighted by molar-refractivity contribution is 7.88. The molecule has 1 heterocycles. The molecule has 28 heavy (non-hydrogen) atoms. The van der Waals surface area contributed by atoms with Crippen molar-refractivity contribution in [3.05, 3.63) is 23.8 Å². The van der Waals surface area contributed by atoms with Crippen LogP contribution >= 0.6 is 0 Å². The molecule has 0 amide bonds. The molecule has 1 aromatic rings. The van der Waals surface area contributed by atoms with E-state index in [1.807, 2.05) is 25.1 Å². The first kappa shape index (κ1) is 22.3. The van der Waals surface area contributed by atoms with Crippen LogP contribution in [-0.2, 0) is 16.6 Å². The standard InChI is InChI=1S/C19H32N4O4S/c1-5-20-19(21-13-15-8-10-23(11-9-15)28(4,24)25)22-14-16-6-7-17(26-2)18(12-16)27-3/h6-7,12,15H,5,8-11,13-14H2,1-4H3,(H2,20,21,22). The first-order valence-corrected chi connectivity index (χ1v) is 11.4. The first-order chi connectivity index (χ1) is 13.4. The Hall–Kier alpha value is -2.00. The minimum Gasteiger partial charge on any atom is -0.493 e. The van der Waals surface area contributed by atoms with Crippen LogP contribution in [0.3, 0.4) is 0 Å². The fourth-order valence-corrected chi connectivity index (χ4v) is 4.05. The molecule has 0 unspecified atom stereocenters. The van der Waals surface area contributed by atoms with Crippen molar-refractivity contribution >= 4 is 16.0 Å². The van der Waals surface area contributed by atoms with Crippen molar-refractivity contribution in [3.8, 4) is 11.5 Å².